The summed E-state index contributed by atoms with van der Waals surface area (Å²) < 4.78 is 11.2. The second-order valence-electron chi connectivity index (χ2n) is 4.67. The Hall–Kier alpha value is -1.97. The van der Waals surface area contributed by atoms with Crippen LogP contribution >= 0.6 is 0 Å². The summed E-state index contributed by atoms with van der Waals surface area (Å²) >= 11 is 0. The molecule has 1 saturated carbocycles. The molecule has 102 valence electrons. The first-order valence-electron chi connectivity index (χ1n) is 6.39. The van der Waals surface area contributed by atoms with Crippen LogP contribution in [0.25, 0.3) is 5.57 Å². The summed E-state index contributed by atoms with van der Waals surface area (Å²) in [5, 5.41) is 8.97. The second kappa shape index (κ2) is 5.78. The molecule has 1 fully saturated rings. The molecule has 0 saturated heterocycles. The molecule has 0 aliphatic heterocycles. The van der Waals surface area contributed by atoms with Crippen molar-refractivity contribution in [3.8, 4) is 11.5 Å². The van der Waals surface area contributed by atoms with Crippen LogP contribution in [0.3, 0.4) is 0 Å². The fourth-order valence-corrected chi connectivity index (χ4v) is 2.27. The maximum atomic E-state index is 10.9. The zero-order valence-corrected chi connectivity index (χ0v) is 11.0. The molecule has 1 aliphatic rings. The molecule has 0 aromatic heterocycles. The lowest BCUT2D eigenvalue weighted by molar-refractivity contribution is -0.130. The molecule has 0 amide bonds. The zero-order valence-electron chi connectivity index (χ0n) is 11.0. The van der Waals surface area contributed by atoms with Gasteiger partial charge in [-0.2, -0.15) is 0 Å². The number of rotatable bonds is 5. The van der Waals surface area contributed by atoms with E-state index in [1.807, 2.05) is 0 Å². The molecule has 1 aromatic rings. The van der Waals surface area contributed by atoms with Gasteiger partial charge in [0.1, 0.15) is 0 Å². The molecule has 1 aromatic carbocycles. The lowest BCUT2D eigenvalue weighted by Gasteiger charge is -2.16. The van der Waals surface area contributed by atoms with E-state index < -0.39 is 5.97 Å². The second-order valence-corrected chi connectivity index (χ2v) is 4.67. The summed E-state index contributed by atoms with van der Waals surface area (Å²) in [5.74, 6) is 0.181. The van der Waals surface area contributed by atoms with Crippen LogP contribution in [0.15, 0.2) is 24.8 Å². The Bertz CT molecular complexity index is 487. The number of carbonyl (C=O) groups is 1. The number of methoxy groups -OCH3 is 1. The molecule has 19 heavy (non-hydrogen) atoms. The smallest absolute Gasteiger partial charge is 0.335 e. The van der Waals surface area contributed by atoms with Gasteiger partial charge >= 0.3 is 5.97 Å². The number of hydrogen-bond acceptors (Lipinski definition) is 3. The molecular weight excluding hydrogens is 244 g/mol. The van der Waals surface area contributed by atoms with Crippen molar-refractivity contribution in [2.24, 2.45) is 0 Å². The average molecular weight is 262 g/mol. The molecule has 0 spiro atoms. The van der Waals surface area contributed by atoms with Gasteiger partial charge in [0.15, 0.2) is 11.5 Å². The lowest BCUT2D eigenvalue weighted by Crippen LogP contribution is -2.12. The fourth-order valence-electron chi connectivity index (χ4n) is 2.27. The van der Waals surface area contributed by atoms with Gasteiger partial charge in [-0.05, 0) is 43.4 Å². The summed E-state index contributed by atoms with van der Waals surface area (Å²) in [6, 6.07) is 5.08. The van der Waals surface area contributed by atoms with Gasteiger partial charge < -0.3 is 14.6 Å². The van der Waals surface area contributed by atoms with E-state index >= 15 is 0 Å². The maximum Gasteiger partial charge on any atom is 0.335 e. The van der Waals surface area contributed by atoms with E-state index in [4.69, 9.17) is 14.6 Å². The highest BCUT2D eigenvalue weighted by molar-refractivity contribution is 6.14. The van der Waals surface area contributed by atoms with E-state index in [9.17, 15) is 4.79 Å². The minimum atomic E-state index is -1.03. The van der Waals surface area contributed by atoms with Crippen LogP contribution in [0.4, 0.5) is 0 Å². The molecule has 1 aliphatic carbocycles. The molecule has 0 atom stereocenters. The number of carboxylic acids is 1. The average Bonchev–Trinajstić information content (AvgIpc) is 2.90. The molecule has 0 unspecified atom stereocenters. The molecular formula is C15H18O4. The van der Waals surface area contributed by atoms with Gasteiger partial charge in [0.25, 0.3) is 0 Å². The van der Waals surface area contributed by atoms with Crippen LogP contribution in [0.1, 0.15) is 31.2 Å². The van der Waals surface area contributed by atoms with Crippen LogP contribution in [0.2, 0.25) is 0 Å². The first-order valence-corrected chi connectivity index (χ1v) is 6.39. The third kappa shape index (κ3) is 3.08. The largest absolute Gasteiger partial charge is 0.493 e. The maximum absolute atomic E-state index is 10.9. The minimum absolute atomic E-state index is 0.0546. The van der Waals surface area contributed by atoms with Gasteiger partial charge in [-0.15, -0.1) is 0 Å². The molecule has 4 heteroatoms. The van der Waals surface area contributed by atoms with Crippen molar-refractivity contribution in [2.45, 2.75) is 31.8 Å². The summed E-state index contributed by atoms with van der Waals surface area (Å²) in [6.07, 6.45) is 4.62. The normalized spacial score (nSPS) is 15.2. The Morgan fingerprint density at radius 1 is 1.32 bits per heavy atom. The number of aliphatic carboxylic acids is 1. The van der Waals surface area contributed by atoms with Gasteiger partial charge in [-0.1, -0.05) is 12.6 Å². The fraction of sp³-hybridized carbons (Fsp3) is 0.400. The summed E-state index contributed by atoms with van der Waals surface area (Å²) in [6.45, 7) is 3.56. The highest BCUT2D eigenvalue weighted by Gasteiger charge is 2.19. The zero-order chi connectivity index (χ0) is 13.8. The number of benzene rings is 1. The predicted octanol–water partition coefficient (Wildman–Crippen LogP) is 3.11. The summed E-state index contributed by atoms with van der Waals surface area (Å²) in [4.78, 5) is 10.9. The molecule has 1 N–H and O–H groups in total. The van der Waals surface area contributed by atoms with Crippen LogP contribution in [-0.4, -0.2) is 24.3 Å². The van der Waals surface area contributed by atoms with Gasteiger partial charge in [0.05, 0.1) is 18.8 Å². The molecule has 2 rings (SSSR count). The van der Waals surface area contributed by atoms with Crippen LogP contribution in [0, 0.1) is 0 Å². The Morgan fingerprint density at radius 2 is 2.00 bits per heavy atom. The van der Waals surface area contributed by atoms with Crippen LogP contribution in [0.5, 0.6) is 11.5 Å². The summed E-state index contributed by atoms with van der Waals surface area (Å²) in [5.41, 5.74) is 0.597. The van der Waals surface area contributed by atoms with Gasteiger partial charge in [0, 0.05) is 0 Å². The predicted molar refractivity (Wildman–Crippen MR) is 72.5 cm³/mol. The van der Waals surface area contributed by atoms with Crippen molar-refractivity contribution in [2.75, 3.05) is 7.11 Å². The standard InChI is InChI=1S/C15H18O4/c1-10(15(16)17)11-7-8-13(18-2)14(9-11)19-12-5-3-4-6-12/h7-9,12H,1,3-6H2,2H3,(H,16,17). The van der Waals surface area contributed by atoms with E-state index in [2.05, 4.69) is 6.58 Å². The molecule has 0 bridgehead atoms. The Kier molecular flexibility index (Phi) is 4.10. The van der Waals surface area contributed by atoms with Crippen LogP contribution < -0.4 is 9.47 Å². The quantitative estimate of drug-likeness (QED) is 0.828. The van der Waals surface area contributed by atoms with Crippen LogP contribution in [-0.2, 0) is 4.79 Å². The summed E-state index contributed by atoms with van der Waals surface area (Å²) in [7, 11) is 1.57. The van der Waals surface area contributed by atoms with Gasteiger partial charge in [-0.25, -0.2) is 4.79 Å². The monoisotopic (exact) mass is 262 g/mol. The van der Waals surface area contributed by atoms with Crippen molar-refractivity contribution in [1.82, 2.24) is 0 Å². The third-order valence-electron chi connectivity index (χ3n) is 3.37. The highest BCUT2D eigenvalue weighted by Crippen LogP contribution is 2.33. The number of ether oxygens (including phenoxy) is 2. The lowest BCUT2D eigenvalue weighted by atomic mass is 10.1. The molecule has 0 heterocycles. The van der Waals surface area contributed by atoms with E-state index in [0.717, 1.165) is 12.8 Å². The Morgan fingerprint density at radius 3 is 2.58 bits per heavy atom. The number of hydrogen-bond donors (Lipinski definition) is 1. The van der Waals surface area contributed by atoms with Crippen molar-refractivity contribution in [3.63, 3.8) is 0 Å². The first kappa shape index (κ1) is 13.5. The van der Waals surface area contributed by atoms with Gasteiger partial charge in [-0.3, -0.25) is 0 Å². The minimum Gasteiger partial charge on any atom is -0.493 e. The molecule has 0 radical (unpaired) electrons. The topological polar surface area (TPSA) is 55.8 Å². The molecule has 4 nitrogen and oxygen atoms in total. The van der Waals surface area contributed by atoms with E-state index in [0.29, 0.717) is 17.1 Å². The van der Waals surface area contributed by atoms with Crippen molar-refractivity contribution in [1.29, 1.82) is 0 Å². The third-order valence-corrected chi connectivity index (χ3v) is 3.37. The SMILES string of the molecule is C=C(C(=O)O)c1ccc(OC)c(OC2CCCC2)c1. The van der Waals surface area contributed by atoms with Crippen molar-refractivity contribution < 1.29 is 19.4 Å². The van der Waals surface area contributed by atoms with E-state index in [1.54, 1.807) is 25.3 Å². The van der Waals surface area contributed by atoms with E-state index in [1.165, 1.54) is 12.8 Å². The van der Waals surface area contributed by atoms with Crippen molar-refractivity contribution >= 4 is 11.5 Å². The Balaban J connectivity index is 2.25. The van der Waals surface area contributed by atoms with Gasteiger partial charge in [0.2, 0.25) is 0 Å². The highest BCUT2D eigenvalue weighted by atomic mass is 16.5. The van der Waals surface area contributed by atoms with E-state index in [-0.39, 0.29) is 11.7 Å². The van der Waals surface area contributed by atoms with Crippen molar-refractivity contribution in [3.05, 3.63) is 30.3 Å². The number of carboxylic acid groups (broad SMARTS) is 1. The first-order chi connectivity index (χ1) is 9.11. The Labute approximate surface area is 112 Å².